The summed E-state index contributed by atoms with van der Waals surface area (Å²) in [4.78, 5) is 25.5. The summed E-state index contributed by atoms with van der Waals surface area (Å²) in [6.45, 7) is 3.94. The Hall–Kier alpha value is -1.70. The van der Waals surface area contributed by atoms with Gasteiger partial charge >= 0.3 is 0 Å². The van der Waals surface area contributed by atoms with Crippen LogP contribution < -0.4 is 10.6 Å². The molecule has 0 aromatic heterocycles. The molecule has 2 amide bonds. The molecule has 124 valence electrons. The van der Waals surface area contributed by atoms with Crippen molar-refractivity contribution in [1.82, 2.24) is 10.2 Å². The van der Waals surface area contributed by atoms with Gasteiger partial charge in [-0.3, -0.25) is 9.59 Å². The highest BCUT2D eigenvalue weighted by Gasteiger charge is 2.19. The largest absolute Gasteiger partial charge is 0.378 e. The standard InChI is InChI=1S/C15H18ClN3O3S/c1-2-13(20)18-15(23)17-12-9-10(3-4-11(12)16)14(21)19-5-7-22-8-6-19/h3-4,9H,2,5-8H2,1H3,(H2,17,18,20,23). The van der Waals surface area contributed by atoms with Gasteiger partial charge in [0.05, 0.1) is 23.9 Å². The van der Waals surface area contributed by atoms with Crippen LogP contribution >= 0.6 is 23.8 Å². The molecule has 0 atom stereocenters. The lowest BCUT2D eigenvalue weighted by atomic mass is 10.1. The average molecular weight is 356 g/mol. The summed E-state index contributed by atoms with van der Waals surface area (Å²) < 4.78 is 5.24. The molecule has 1 fully saturated rings. The summed E-state index contributed by atoms with van der Waals surface area (Å²) >= 11 is 11.2. The molecule has 23 heavy (non-hydrogen) atoms. The zero-order valence-corrected chi connectivity index (χ0v) is 14.3. The van der Waals surface area contributed by atoms with Gasteiger partial charge < -0.3 is 20.3 Å². The van der Waals surface area contributed by atoms with E-state index in [4.69, 9.17) is 28.6 Å². The molecular formula is C15H18ClN3O3S. The smallest absolute Gasteiger partial charge is 0.254 e. The molecule has 0 saturated carbocycles. The van der Waals surface area contributed by atoms with Gasteiger partial charge in [0.15, 0.2) is 5.11 Å². The van der Waals surface area contributed by atoms with E-state index in [-0.39, 0.29) is 16.9 Å². The van der Waals surface area contributed by atoms with Crippen molar-refractivity contribution in [3.05, 3.63) is 28.8 Å². The lowest BCUT2D eigenvalue weighted by Crippen LogP contribution is -2.40. The molecule has 8 heteroatoms. The Morgan fingerprint density at radius 3 is 2.70 bits per heavy atom. The molecule has 1 aromatic carbocycles. The zero-order valence-electron chi connectivity index (χ0n) is 12.7. The summed E-state index contributed by atoms with van der Waals surface area (Å²) in [6, 6.07) is 4.92. The van der Waals surface area contributed by atoms with E-state index in [2.05, 4.69) is 10.6 Å². The number of anilines is 1. The predicted molar refractivity (Wildman–Crippen MR) is 92.8 cm³/mol. The summed E-state index contributed by atoms with van der Waals surface area (Å²) in [6.07, 6.45) is 0.325. The topological polar surface area (TPSA) is 70.7 Å². The number of benzene rings is 1. The lowest BCUT2D eigenvalue weighted by Gasteiger charge is -2.27. The Balaban J connectivity index is 2.10. The molecule has 0 radical (unpaired) electrons. The molecule has 2 rings (SSSR count). The number of ether oxygens (including phenoxy) is 1. The number of morpholine rings is 1. The minimum absolute atomic E-state index is 0.0865. The maximum atomic E-state index is 12.5. The third-order valence-electron chi connectivity index (χ3n) is 3.33. The van der Waals surface area contributed by atoms with E-state index in [1.165, 1.54) is 0 Å². The second-order valence-corrected chi connectivity index (χ2v) is 5.77. The quantitative estimate of drug-likeness (QED) is 0.812. The van der Waals surface area contributed by atoms with Crippen molar-refractivity contribution in [3.63, 3.8) is 0 Å². The van der Waals surface area contributed by atoms with Crippen LogP contribution in [-0.4, -0.2) is 48.1 Å². The Morgan fingerprint density at radius 1 is 1.35 bits per heavy atom. The molecule has 1 heterocycles. The predicted octanol–water partition coefficient (Wildman–Crippen LogP) is 2.04. The molecule has 1 aromatic rings. The van der Waals surface area contributed by atoms with Crippen molar-refractivity contribution in [3.8, 4) is 0 Å². The van der Waals surface area contributed by atoms with Crippen LogP contribution in [0.4, 0.5) is 5.69 Å². The van der Waals surface area contributed by atoms with Crippen molar-refractivity contribution < 1.29 is 14.3 Å². The maximum absolute atomic E-state index is 12.5. The average Bonchev–Trinajstić information content (AvgIpc) is 2.56. The van der Waals surface area contributed by atoms with Gasteiger partial charge in [-0.05, 0) is 30.4 Å². The number of rotatable bonds is 3. The fraction of sp³-hybridized carbons (Fsp3) is 0.400. The van der Waals surface area contributed by atoms with Gasteiger partial charge in [-0.25, -0.2) is 0 Å². The Morgan fingerprint density at radius 2 is 2.04 bits per heavy atom. The summed E-state index contributed by atoms with van der Waals surface area (Å²) in [7, 11) is 0. The van der Waals surface area contributed by atoms with Gasteiger partial charge in [0, 0.05) is 25.1 Å². The van der Waals surface area contributed by atoms with Crippen LogP contribution in [0.3, 0.4) is 0 Å². The second kappa shape index (κ2) is 8.24. The first-order valence-corrected chi connectivity index (χ1v) is 8.07. The van der Waals surface area contributed by atoms with E-state index >= 15 is 0 Å². The van der Waals surface area contributed by atoms with Crippen LogP contribution in [-0.2, 0) is 9.53 Å². The molecule has 1 aliphatic heterocycles. The summed E-state index contributed by atoms with van der Waals surface area (Å²) in [5, 5.41) is 5.94. The van der Waals surface area contributed by atoms with Gasteiger partial charge in [0.1, 0.15) is 0 Å². The molecule has 0 bridgehead atoms. The van der Waals surface area contributed by atoms with Crippen LogP contribution in [0.1, 0.15) is 23.7 Å². The molecule has 1 saturated heterocycles. The van der Waals surface area contributed by atoms with Crippen molar-refractivity contribution in [2.75, 3.05) is 31.6 Å². The minimum Gasteiger partial charge on any atom is -0.378 e. The molecule has 0 unspecified atom stereocenters. The second-order valence-electron chi connectivity index (χ2n) is 4.96. The first kappa shape index (κ1) is 17.7. The Bertz CT molecular complexity index is 618. The highest BCUT2D eigenvalue weighted by molar-refractivity contribution is 7.80. The van der Waals surface area contributed by atoms with Crippen molar-refractivity contribution in [2.45, 2.75) is 13.3 Å². The zero-order chi connectivity index (χ0) is 16.8. The minimum atomic E-state index is -0.195. The fourth-order valence-electron chi connectivity index (χ4n) is 2.07. The van der Waals surface area contributed by atoms with E-state index < -0.39 is 0 Å². The van der Waals surface area contributed by atoms with Gasteiger partial charge in [-0.2, -0.15) is 0 Å². The monoisotopic (exact) mass is 355 g/mol. The molecule has 2 N–H and O–H groups in total. The van der Waals surface area contributed by atoms with E-state index in [0.717, 1.165) is 0 Å². The third kappa shape index (κ3) is 4.89. The maximum Gasteiger partial charge on any atom is 0.254 e. The normalized spacial score (nSPS) is 14.3. The number of halogens is 1. The number of amides is 2. The number of nitrogens with zero attached hydrogens (tertiary/aromatic N) is 1. The van der Waals surface area contributed by atoms with Crippen LogP contribution in [0.15, 0.2) is 18.2 Å². The first-order chi connectivity index (χ1) is 11.0. The van der Waals surface area contributed by atoms with E-state index in [9.17, 15) is 9.59 Å². The van der Waals surface area contributed by atoms with Gasteiger partial charge in [0.2, 0.25) is 5.91 Å². The van der Waals surface area contributed by atoms with E-state index in [0.29, 0.717) is 49.0 Å². The summed E-state index contributed by atoms with van der Waals surface area (Å²) in [5.74, 6) is -0.282. The molecule has 6 nitrogen and oxygen atoms in total. The number of hydrogen-bond donors (Lipinski definition) is 2. The SMILES string of the molecule is CCC(=O)NC(=S)Nc1cc(C(=O)N2CCOCC2)ccc1Cl. The van der Waals surface area contributed by atoms with Crippen molar-refractivity contribution in [2.24, 2.45) is 0 Å². The first-order valence-electron chi connectivity index (χ1n) is 7.28. The molecule has 0 aliphatic carbocycles. The third-order valence-corrected chi connectivity index (χ3v) is 3.87. The van der Waals surface area contributed by atoms with Gasteiger partial charge in [-0.1, -0.05) is 18.5 Å². The number of nitrogens with one attached hydrogen (secondary N) is 2. The highest BCUT2D eigenvalue weighted by atomic mass is 35.5. The van der Waals surface area contributed by atoms with Gasteiger partial charge in [-0.15, -0.1) is 0 Å². The molecule has 1 aliphatic rings. The number of carbonyl (C=O) groups is 2. The number of hydrogen-bond acceptors (Lipinski definition) is 4. The van der Waals surface area contributed by atoms with Crippen molar-refractivity contribution >= 4 is 46.4 Å². The summed E-state index contributed by atoms with van der Waals surface area (Å²) in [5.41, 5.74) is 0.982. The van der Waals surface area contributed by atoms with Gasteiger partial charge in [0.25, 0.3) is 5.91 Å². The van der Waals surface area contributed by atoms with Crippen LogP contribution in [0, 0.1) is 0 Å². The fourth-order valence-corrected chi connectivity index (χ4v) is 2.46. The molecule has 0 spiro atoms. The Labute approximate surface area is 145 Å². The lowest BCUT2D eigenvalue weighted by molar-refractivity contribution is -0.119. The van der Waals surface area contributed by atoms with Crippen LogP contribution in [0.5, 0.6) is 0 Å². The van der Waals surface area contributed by atoms with Crippen molar-refractivity contribution in [1.29, 1.82) is 0 Å². The Kier molecular flexibility index (Phi) is 6.32. The van der Waals surface area contributed by atoms with Crippen LogP contribution in [0.2, 0.25) is 5.02 Å². The highest BCUT2D eigenvalue weighted by Crippen LogP contribution is 2.24. The van der Waals surface area contributed by atoms with E-state index in [1.54, 1.807) is 30.0 Å². The number of thiocarbonyl (C=S) groups is 1. The number of carbonyl (C=O) groups excluding carboxylic acids is 2. The van der Waals surface area contributed by atoms with Crippen LogP contribution in [0.25, 0.3) is 0 Å². The van der Waals surface area contributed by atoms with E-state index in [1.807, 2.05) is 0 Å². The molecular weight excluding hydrogens is 338 g/mol.